The van der Waals surface area contributed by atoms with Gasteiger partial charge in [0.05, 0.1) is 5.41 Å². The minimum Gasteiger partial charge on any atom is -0.282 e. The highest BCUT2D eigenvalue weighted by Gasteiger charge is 1.96. The lowest BCUT2D eigenvalue weighted by atomic mass is 10.0. The van der Waals surface area contributed by atoms with Crippen LogP contribution in [-0.4, -0.2) is 13.0 Å². The molecule has 156 valence electrons. The highest BCUT2D eigenvalue weighted by atomic mass is 32.2. The van der Waals surface area contributed by atoms with E-state index in [1.165, 1.54) is 103 Å². The summed E-state index contributed by atoms with van der Waals surface area (Å²) >= 11 is 0. The van der Waals surface area contributed by atoms with Crippen molar-refractivity contribution in [3.05, 3.63) is 11.5 Å². The first-order valence-corrected chi connectivity index (χ1v) is 12.7. The highest BCUT2D eigenvalue weighted by molar-refractivity contribution is 7.88. The Bertz CT molecular complexity index is 402. The molecule has 0 aromatic heterocycles. The zero-order valence-corrected chi connectivity index (χ0v) is 18.1. The predicted octanol–water partition coefficient (Wildman–Crippen LogP) is 7.82. The van der Waals surface area contributed by atoms with E-state index < -0.39 is 10.1 Å². The van der Waals surface area contributed by atoms with Crippen LogP contribution < -0.4 is 0 Å². The standard InChI is InChI=1S/C22H44O3S/c1-2-3-4-5-6-7-8-9-10-11-12-13-14-15-16-17-18-19-20-21-22-26(23,24)25/h21-22H,2-20H2,1H3,(H,23,24,25)/b22-21+. The van der Waals surface area contributed by atoms with Crippen LogP contribution in [0, 0.1) is 0 Å². The van der Waals surface area contributed by atoms with Crippen LogP contribution in [-0.2, 0) is 10.1 Å². The predicted molar refractivity (Wildman–Crippen MR) is 114 cm³/mol. The van der Waals surface area contributed by atoms with Gasteiger partial charge in [0.15, 0.2) is 0 Å². The van der Waals surface area contributed by atoms with Gasteiger partial charge in [-0.05, 0) is 12.8 Å². The topological polar surface area (TPSA) is 54.4 Å². The highest BCUT2D eigenvalue weighted by Crippen LogP contribution is 2.14. The summed E-state index contributed by atoms with van der Waals surface area (Å²) in [5, 5.41) is 0.889. The van der Waals surface area contributed by atoms with Crippen LogP contribution in [0.15, 0.2) is 11.5 Å². The molecule has 0 unspecified atom stereocenters. The summed E-state index contributed by atoms with van der Waals surface area (Å²) in [6.45, 7) is 2.28. The molecule has 0 aromatic rings. The fraction of sp³-hybridized carbons (Fsp3) is 0.909. The molecule has 0 spiro atoms. The van der Waals surface area contributed by atoms with Gasteiger partial charge in [0.25, 0.3) is 10.1 Å². The molecular weight excluding hydrogens is 344 g/mol. The van der Waals surface area contributed by atoms with Crippen molar-refractivity contribution in [1.29, 1.82) is 0 Å². The molecule has 4 heteroatoms. The Labute approximate surface area is 163 Å². The SMILES string of the molecule is CCCCCCCCCCCCCCCCCCCC/C=C/S(=O)(=O)O. The van der Waals surface area contributed by atoms with Gasteiger partial charge in [-0.3, -0.25) is 4.55 Å². The van der Waals surface area contributed by atoms with Crippen molar-refractivity contribution in [2.24, 2.45) is 0 Å². The average Bonchev–Trinajstić information content (AvgIpc) is 2.59. The summed E-state index contributed by atoms with van der Waals surface area (Å²) in [4.78, 5) is 0. The lowest BCUT2D eigenvalue weighted by Gasteiger charge is -2.03. The molecule has 26 heavy (non-hydrogen) atoms. The van der Waals surface area contributed by atoms with Crippen molar-refractivity contribution in [3.8, 4) is 0 Å². The minimum atomic E-state index is -3.93. The second-order valence-corrected chi connectivity index (χ2v) is 8.99. The maximum Gasteiger partial charge on any atom is 0.287 e. The van der Waals surface area contributed by atoms with Crippen molar-refractivity contribution < 1.29 is 13.0 Å². The smallest absolute Gasteiger partial charge is 0.282 e. The van der Waals surface area contributed by atoms with Crippen molar-refractivity contribution in [2.45, 2.75) is 129 Å². The molecule has 0 heterocycles. The summed E-state index contributed by atoms with van der Waals surface area (Å²) < 4.78 is 29.5. The summed E-state index contributed by atoms with van der Waals surface area (Å²) in [6.07, 6.45) is 26.6. The average molecular weight is 389 g/mol. The van der Waals surface area contributed by atoms with Gasteiger partial charge in [0, 0.05) is 0 Å². The molecular formula is C22H44O3S. The van der Waals surface area contributed by atoms with Crippen LogP contribution in [0.1, 0.15) is 129 Å². The van der Waals surface area contributed by atoms with Crippen molar-refractivity contribution in [2.75, 3.05) is 0 Å². The molecule has 0 radical (unpaired) electrons. The number of allylic oxidation sites excluding steroid dienone is 1. The van der Waals surface area contributed by atoms with Gasteiger partial charge in [-0.25, -0.2) is 0 Å². The van der Waals surface area contributed by atoms with Gasteiger partial charge >= 0.3 is 0 Å². The molecule has 0 atom stereocenters. The van der Waals surface area contributed by atoms with E-state index >= 15 is 0 Å². The molecule has 0 rings (SSSR count). The van der Waals surface area contributed by atoms with Gasteiger partial charge in [-0.15, -0.1) is 0 Å². The van der Waals surface area contributed by atoms with Crippen LogP contribution in [0.25, 0.3) is 0 Å². The van der Waals surface area contributed by atoms with E-state index in [0.717, 1.165) is 24.7 Å². The molecule has 0 aromatic carbocycles. The number of unbranched alkanes of at least 4 members (excludes halogenated alkanes) is 18. The quantitative estimate of drug-likeness (QED) is 0.171. The molecule has 0 amide bonds. The van der Waals surface area contributed by atoms with E-state index in [9.17, 15) is 8.42 Å². The Hall–Kier alpha value is -0.350. The summed E-state index contributed by atoms with van der Waals surface area (Å²) in [5.41, 5.74) is 0. The maximum absolute atomic E-state index is 10.5. The molecule has 0 fully saturated rings. The van der Waals surface area contributed by atoms with E-state index in [1.54, 1.807) is 6.08 Å². The van der Waals surface area contributed by atoms with Crippen molar-refractivity contribution >= 4 is 10.1 Å². The lowest BCUT2D eigenvalue weighted by molar-refractivity contribution is 0.494. The summed E-state index contributed by atoms with van der Waals surface area (Å²) in [6, 6.07) is 0. The van der Waals surface area contributed by atoms with Crippen LogP contribution in [0.5, 0.6) is 0 Å². The van der Waals surface area contributed by atoms with E-state index in [2.05, 4.69) is 6.92 Å². The van der Waals surface area contributed by atoms with Crippen LogP contribution >= 0.6 is 0 Å². The zero-order valence-electron chi connectivity index (χ0n) is 17.3. The number of rotatable bonds is 20. The first-order valence-electron chi connectivity index (χ1n) is 11.2. The van der Waals surface area contributed by atoms with Gasteiger partial charge in [-0.2, -0.15) is 8.42 Å². The monoisotopic (exact) mass is 388 g/mol. The number of hydrogen-bond donors (Lipinski definition) is 1. The van der Waals surface area contributed by atoms with E-state index in [0.29, 0.717) is 0 Å². The molecule has 0 bridgehead atoms. The van der Waals surface area contributed by atoms with Crippen molar-refractivity contribution in [1.82, 2.24) is 0 Å². The Kier molecular flexibility index (Phi) is 19.2. The van der Waals surface area contributed by atoms with E-state index in [4.69, 9.17) is 4.55 Å². The normalized spacial score (nSPS) is 12.2. The van der Waals surface area contributed by atoms with Crippen LogP contribution in [0.3, 0.4) is 0 Å². The third-order valence-electron chi connectivity index (χ3n) is 4.99. The van der Waals surface area contributed by atoms with Crippen LogP contribution in [0.4, 0.5) is 0 Å². The Morgan fingerprint density at radius 3 is 1.19 bits per heavy atom. The fourth-order valence-electron chi connectivity index (χ4n) is 3.35. The molecule has 0 saturated carbocycles. The van der Waals surface area contributed by atoms with E-state index in [1.807, 2.05) is 0 Å². The second-order valence-electron chi connectivity index (χ2n) is 7.69. The number of hydrogen-bond acceptors (Lipinski definition) is 2. The summed E-state index contributed by atoms with van der Waals surface area (Å²) in [5.74, 6) is 0. The maximum atomic E-state index is 10.5. The minimum absolute atomic E-state index is 0.735. The van der Waals surface area contributed by atoms with Crippen molar-refractivity contribution in [3.63, 3.8) is 0 Å². The Morgan fingerprint density at radius 2 is 0.885 bits per heavy atom. The van der Waals surface area contributed by atoms with Gasteiger partial charge in [0.1, 0.15) is 0 Å². The zero-order chi connectivity index (χ0) is 19.3. The second kappa shape index (κ2) is 19.4. The Balaban J connectivity index is 3.08. The third-order valence-corrected chi connectivity index (χ3v) is 5.53. The van der Waals surface area contributed by atoms with Crippen LogP contribution in [0.2, 0.25) is 0 Å². The fourth-order valence-corrected chi connectivity index (χ4v) is 3.73. The first kappa shape index (κ1) is 25.6. The molecule has 0 aliphatic rings. The largest absolute Gasteiger partial charge is 0.287 e. The summed E-state index contributed by atoms with van der Waals surface area (Å²) in [7, 11) is -3.93. The Morgan fingerprint density at radius 1 is 0.577 bits per heavy atom. The van der Waals surface area contributed by atoms with Gasteiger partial charge < -0.3 is 0 Å². The molecule has 0 aliphatic carbocycles. The first-order chi connectivity index (χ1) is 12.6. The lowest BCUT2D eigenvalue weighted by Crippen LogP contribution is -1.89. The molecule has 0 saturated heterocycles. The molecule has 0 aliphatic heterocycles. The van der Waals surface area contributed by atoms with Gasteiger partial charge in [0.2, 0.25) is 0 Å². The van der Waals surface area contributed by atoms with Gasteiger partial charge in [-0.1, -0.05) is 122 Å². The van der Waals surface area contributed by atoms with E-state index in [-0.39, 0.29) is 0 Å². The molecule has 1 N–H and O–H groups in total. The molecule has 3 nitrogen and oxygen atoms in total. The third kappa shape index (κ3) is 23.6.